The number of amides is 1. The number of nitrogens with one attached hydrogen (secondary N) is 1. The Kier molecular flexibility index (Phi) is 4.18. The molecule has 0 bridgehead atoms. The monoisotopic (exact) mass is 268 g/mol. The number of nitrogens with zero attached hydrogens (tertiary/aromatic N) is 2. The summed E-state index contributed by atoms with van der Waals surface area (Å²) in [6.07, 6.45) is 3.37. The van der Waals surface area contributed by atoms with Gasteiger partial charge in [-0.15, -0.1) is 0 Å². The first-order valence-electron chi connectivity index (χ1n) is 6.22. The molecule has 7 heteroatoms. The Hall–Kier alpha value is -1.44. The van der Waals surface area contributed by atoms with Gasteiger partial charge >= 0.3 is 0 Å². The third-order valence-electron chi connectivity index (χ3n) is 3.45. The van der Waals surface area contributed by atoms with Gasteiger partial charge in [0.1, 0.15) is 0 Å². The number of rotatable bonds is 5. The fourth-order valence-corrected chi connectivity index (χ4v) is 1.93. The third-order valence-corrected chi connectivity index (χ3v) is 3.45. The van der Waals surface area contributed by atoms with E-state index in [0.717, 1.165) is 0 Å². The van der Waals surface area contributed by atoms with Gasteiger partial charge < -0.3 is 20.5 Å². The van der Waals surface area contributed by atoms with E-state index in [0.29, 0.717) is 32.1 Å². The molecule has 0 radical (unpaired) electrons. The van der Waals surface area contributed by atoms with Gasteiger partial charge in [-0.1, -0.05) is 0 Å². The first kappa shape index (κ1) is 14.0. The van der Waals surface area contributed by atoms with Crippen LogP contribution in [-0.2, 0) is 20.8 Å². The first-order chi connectivity index (χ1) is 9.06. The highest BCUT2D eigenvalue weighted by Crippen LogP contribution is 2.28. The van der Waals surface area contributed by atoms with Gasteiger partial charge in [0.25, 0.3) is 0 Å². The van der Waals surface area contributed by atoms with Crippen molar-refractivity contribution in [3.63, 3.8) is 0 Å². The summed E-state index contributed by atoms with van der Waals surface area (Å²) in [5.41, 5.74) is 5.88. The molecule has 106 valence electrons. The summed E-state index contributed by atoms with van der Waals surface area (Å²) in [6, 6.07) is -0.281. The Morgan fingerprint density at radius 3 is 3.21 bits per heavy atom. The zero-order chi connectivity index (χ0) is 13.9. The molecule has 1 amide bonds. The zero-order valence-electron chi connectivity index (χ0n) is 11.3. The van der Waals surface area contributed by atoms with Gasteiger partial charge in [-0.05, 0) is 6.92 Å². The number of methoxy groups -OCH3 is 1. The van der Waals surface area contributed by atoms with Gasteiger partial charge in [0, 0.05) is 19.3 Å². The number of carbonyl (C=O) groups excluding carboxylic acids is 1. The van der Waals surface area contributed by atoms with Crippen molar-refractivity contribution in [2.45, 2.75) is 19.5 Å². The predicted molar refractivity (Wildman–Crippen MR) is 69.6 cm³/mol. The molecule has 1 aromatic heterocycles. The van der Waals surface area contributed by atoms with Crippen LogP contribution >= 0.6 is 0 Å². The van der Waals surface area contributed by atoms with Crippen molar-refractivity contribution in [3.8, 4) is 0 Å². The molecule has 2 atom stereocenters. The number of anilines is 1. The summed E-state index contributed by atoms with van der Waals surface area (Å²) in [5, 5.41) is 6.96. The number of aromatic nitrogens is 2. The number of hydrogen-bond acceptors (Lipinski definition) is 5. The Bertz CT molecular complexity index is 448. The molecule has 0 aromatic carbocycles. The fourth-order valence-electron chi connectivity index (χ4n) is 1.93. The van der Waals surface area contributed by atoms with E-state index in [1.54, 1.807) is 24.2 Å². The number of ether oxygens (including phenoxy) is 2. The van der Waals surface area contributed by atoms with Crippen molar-refractivity contribution in [2.24, 2.45) is 11.1 Å². The lowest BCUT2D eigenvalue weighted by molar-refractivity contribution is -0.125. The summed E-state index contributed by atoms with van der Waals surface area (Å²) >= 11 is 0. The average molecular weight is 268 g/mol. The van der Waals surface area contributed by atoms with Gasteiger partial charge in [-0.2, -0.15) is 5.10 Å². The molecule has 2 unspecified atom stereocenters. The van der Waals surface area contributed by atoms with Crippen LogP contribution in [0.15, 0.2) is 12.4 Å². The van der Waals surface area contributed by atoms with Gasteiger partial charge in [0.2, 0.25) is 5.91 Å². The minimum Gasteiger partial charge on any atom is -0.383 e. The molecule has 1 fully saturated rings. The smallest absolute Gasteiger partial charge is 0.234 e. The van der Waals surface area contributed by atoms with Crippen LogP contribution in [0.2, 0.25) is 0 Å². The molecule has 1 saturated heterocycles. The molecule has 7 nitrogen and oxygen atoms in total. The highest BCUT2D eigenvalue weighted by atomic mass is 16.5. The van der Waals surface area contributed by atoms with Crippen LogP contribution in [0.5, 0.6) is 0 Å². The molecule has 1 aliphatic rings. The largest absolute Gasteiger partial charge is 0.383 e. The Balaban J connectivity index is 1.97. The number of hydrogen-bond donors (Lipinski definition) is 2. The van der Waals surface area contributed by atoms with Crippen molar-refractivity contribution in [1.29, 1.82) is 0 Å². The molecule has 0 saturated carbocycles. The van der Waals surface area contributed by atoms with Crippen LogP contribution in [0, 0.1) is 5.41 Å². The summed E-state index contributed by atoms with van der Waals surface area (Å²) in [4.78, 5) is 12.2. The lowest BCUT2D eigenvalue weighted by Crippen LogP contribution is -2.47. The second-order valence-electron chi connectivity index (χ2n) is 4.98. The Morgan fingerprint density at radius 2 is 2.58 bits per heavy atom. The average Bonchev–Trinajstić information content (AvgIpc) is 2.96. The highest BCUT2D eigenvalue weighted by molar-refractivity contribution is 5.95. The number of nitrogens with two attached hydrogens (primary N) is 1. The lowest BCUT2D eigenvalue weighted by atomic mass is 9.85. The topological polar surface area (TPSA) is 91.4 Å². The van der Waals surface area contributed by atoms with Crippen LogP contribution in [0.3, 0.4) is 0 Å². The highest BCUT2D eigenvalue weighted by Gasteiger charge is 2.44. The maximum absolute atomic E-state index is 12.2. The molecule has 19 heavy (non-hydrogen) atoms. The molecule has 1 aliphatic heterocycles. The van der Waals surface area contributed by atoms with Crippen molar-refractivity contribution in [1.82, 2.24) is 9.78 Å². The third kappa shape index (κ3) is 2.94. The normalized spacial score (nSPS) is 26.6. The molecule has 2 rings (SSSR count). The minimum atomic E-state index is -0.686. The van der Waals surface area contributed by atoms with Crippen LogP contribution < -0.4 is 11.1 Å². The summed E-state index contributed by atoms with van der Waals surface area (Å²) < 4.78 is 11.9. The van der Waals surface area contributed by atoms with Crippen LogP contribution in [0.4, 0.5) is 5.69 Å². The molecular weight excluding hydrogens is 248 g/mol. The second kappa shape index (κ2) is 5.68. The van der Waals surface area contributed by atoms with E-state index in [4.69, 9.17) is 15.2 Å². The predicted octanol–water partition coefficient (Wildman–Crippen LogP) is -0.168. The Morgan fingerprint density at radius 1 is 1.79 bits per heavy atom. The van der Waals surface area contributed by atoms with Crippen molar-refractivity contribution in [2.75, 3.05) is 32.2 Å². The van der Waals surface area contributed by atoms with Crippen LogP contribution in [0.25, 0.3) is 0 Å². The van der Waals surface area contributed by atoms with Gasteiger partial charge in [-0.3, -0.25) is 9.48 Å². The van der Waals surface area contributed by atoms with Crippen LogP contribution in [0.1, 0.15) is 6.92 Å². The first-order valence-corrected chi connectivity index (χ1v) is 6.22. The SMILES string of the molecule is COCCn1cc(NC(=O)C2(C)COCC2N)cn1. The molecule has 0 spiro atoms. The van der Waals surface area contributed by atoms with E-state index in [-0.39, 0.29) is 11.9 Å². The summed E-state index contributed by atoms with van der Waals surface area (Å²) in [6.45, 7) is 3.79. The molecule has 3 N–H and O–H groups in total. The van der Waals surface area contributed by atoms with E-state index < -0.39 is 5.41 Å². The van der Waals surface area contributed by atoms with Gasteiger partial charge in [0.05, 0.1) is 43.7 Å². The lowest BCUT2D eigenvalue weighted by Gasteiger charge is -2.24. The number of carbonyl (C=O) groups is 1. The van der Waals surface area contributed by atoms with Crippen LogP contribution in [-0.4, -0.2) is 48.7 Å². The zero-order valence-corrected chi connectivity index (χ0v) is 11.3. The van der Waals surface area contributed by atoms with E-state index in [1.807, 2.05) is 6.92 Å². The molecule has 1 aromatic rings. The van der Waals surface area contributed by atoms with Crippen molar-refractivity contribution in [3.05, 3.63) is 12.4 Å². The van der Waals surface area contributed by atoms with Crippen molar-refractivity contribution >= 4 is 11.6 Å². The van der Waals surface area contributed by atoms with Crippen molar-refractivity contribution < 1.29 is 14.3 Å². The van der Waals surface area contributed by atoms with E-state index >= 15 is 0 Å². The summed E-state index contributed by atoms with van der Waals surface area (Å²) in [7, 11) is 1.63. The molecular formula is C12H20N4O3. The maximum atomic E-state index is 12.2. The second-order valence-corrected chi connectivity index (χ2v) is 4.98. The Labute approximate surface area is 112 Å². The summed E-state index contributed by atoms with van der Waals surface area (Å²) in [5.74, 6) is -0.135. The van der Waals surface area contributed by atoms with E-state index in [9.17, 15) is 4.79 Å². The van der Waals surface area contributed by atoms with E-state index in [2.05, 4.69) is 10.4 Å². The standard InChI is InChI=1S/C12H20N4O3/c1-12(8-19-7-10(12)13)11(17)15-9-5-14-16(6-9)3-4-18-2/h5-6,10H,3-4,7-8,13H2,1-2H3,(H,15,17). The van der Waals surface area contributed by atoms with Gasteiger partial charge in [-0.25, -0.2) is 0 Å². The minimum absolute atomic E-state index is 0.135. The maximum Gasteiger partial charge on any atom is 0.234 e. The van der Waals surface area contributed by atoms with Gasteiger partial charge in [0.15, 0.2) is 0 Å². The quantitative estimate of drug-likeness (QED) is 0.773. The van der Waals surface area contributed by atoms with E-state index in [1.165, 1.54) is 0 Å². The molecule has 2 heterocycles. The molecule has 0 aliphatic carbocycles. The fraction of sp³-hybridized carbons (Fsp3) is 0.667.